The highest BCUT2D eigenvalue weighted by Gasteiger charge is 2.11. The number of rotatable bonds is 7. The third-order valence-corrected chi connectivity index (χ3v) is 3.73. The van der Waals surface area contributed by atoms with Gasteiger partial charge in [-0.15, -0.1) is 0 Å². The van der Waals surface area contributed by atoms with Crippen molar-refractivity contribution >= 4 is 11.8 Å². The molecule has 132 valence electrons. The first kappa shape index (κ1) is 18.4. The SMILES string of the molecule is COc1ccc(CN(CCNC(=O)c2cccc(F)c2)C(C)=O)cc1. The van der Waals surface area contributed by atoms with Crippen LogP contribution in [0.3, 0.4) is 0 Å². The molecule has 0 aromatic heterocycles. The van der Waals surface area contributed by atoms with Crippen molar-refractivity contribution in [2.75, 3.05) is 20.2 Å². The maximum atomic E-state index is 13.1. The third-order valence-electron chi connectivity index (χ3n) is 3.73. The monoisotopic (exact) mass is 344 g/mol. The minimum absolute atomic E-state index is 0.0872. The Balaban J connectivity index is 1.88. The van der Waals surface area contributed by atoms with Crippen molar-refractivity contribution in [3.8, 4) is 5.75 Å². The van der Waals surface area contributed by atoms with Gasteiger partial charge in [0, 0.05) is 32.1 Å². The van der Waals surface area contributed by atoms with E-state index in [-0.39, 0.29) is 23.9 Å². The molecular formula is C19H21FN2O3. The average Bonchev–Trinajstić information content (AvgIpc) is 2.61. The second kappa shape index (κ2) is 8.82. The number of hydrogen-bond donors (Lipinski definition) is 1. The molecule has 0 heterocycles. The summed E-state index contributed by atoms with van der Waals surface area (Å²) >= 11 is 0. The molecule has 0 saturated heterocycles. The zero-order valence-electron chi connectivity index (χ0n) is 14.3. The highest BCUT2D eigenvalue weighted by molar-refractivity contribution is 5.94. The summed E-state index contributed by atoms with van der Waals surface area (Å²) in [6, 6.07) is 12.9. The first-order valence-electron chi connectivity index (χ1n) is 7.92. The second-order valence-corrected chi connectivity index (χ2v) is 5.55. The number of ether oxygens (including phenoxy) is 1. The van der Waals surface area contributed by atoms with Crippen LogP contribution in [0.4, 0.5) is 4.39 Å². The second-order valence-electron chi connectivity index (χ2n) is 5.55. The van der Waals surface area contributed by atoms with E-state index in [2.05, 4.69) is 5.32 Å². The summed E-state index contributed by atoms with van der Waals surface area (Å²) in [7, 11) is 1.60. The number of carbonyl (C=O) groups is 2. The zero-order valence-corrected chi connectivity index (χ0v) is 14.3. The average molecular weight is 344 g/mol. The van der Waals surface area contributed by atoms with Crippen LogP contribution < -0.4 is 10.1 Å². The number of hydrogen-bond acceptors (Lipinski definition) is 3. The first-order valence-corrected chi connectivity index (χ1v) is 7.92. The van der Waals surface area contributed by atoms with Crippen LogP contribution in [0.2, 0.25) is 0 Å². The van der Waals surface area contributed by atoms with Crippen LogP contribution in [0.1, 0.15) is 22.8 Å². The van der Waals surface area contributed by atoms with Crippen LogP contribution in [-0.2, 0) is 11.3 Å². The van der Waals surface area contributed by atoms with Gasteiger partial charge in [0.25, 0.3) is 5.91 Å². The van der Waals surface area contributed by atoms with Crippen molar-refractivity contribution in [2.45, 2.75) is 13.5 Å². The van der Waals surface area contributed by atoms with Gasteiger partial charge in [-0.05, 0) is 35.9 Å². The van der Waals surface area contributed by atoms with E-state index >= 15 is 0 Å². The lowest BCUT2D eigenvalue weighted by Crippen LogP contribution is -2.37. The topological polar surface area (TPSA) is 58.6 Å². The summed E-state index contributed by atoms with van der Waals surface area (Å²) in [6.07, 6.45) is 0. The summed E-state index contributed by atoms with van der Waals surface area (Å²) in [5, 5.41) is 2.70. The maximum Gasteiger partial charge on any atom is 0.251 e. The van der Waals surface area contributed by atoms with E-state index in [1.807, 2.05) is 24.3 Å². The van der Waals surface area contributed by atoms with E-state index in [0.29, 0.717) is 13.1 Å². The molecule has 25 heavy (non-hydrogen) atoms. The van der Waals surface area contributed by atoms with Crippen molar-refractivity contribution in [3.05, 3.63) is 65.5 Å². The van der Waals surface area contributed by atoms with Gasteiger partial charge in [-0.1, -0.05) is 18.2 Å². The summed E-state index contributed by atoms with van der Waals surface area (Å²) in [4.78, 5) is 25.4. The Morgan fingerprint density at radius 2 is 1.88 bits per heavy atom. The Kier molecular flexibility index (Phi) is 6.51. The predicted molar refractivity (Wildman–Crippen MR) is 92.8 cm³/mol. The number of halogens is 1. The first-order chi connectivity index (χ1) is 12.0. The summed E-state index contributed by atoms with van der Waals surface area (Å²) in [6.45, 7) is 2.57. The van der Waals surface area contributed by atoms with Crippen LogP contribution in [0.5, 0.6) is 5.75 Å². The molecule has 1 N–H and O–H groups in total. The molecule has 0 saturated carbocycles. The van der Waals surface area contributed by atoms with Gasteiger partial charge < -0.3 is 15.0 Å². The maximum absolute atomic E-state index is 13.1. The molecule has 0 spiro atoms. The predicted octanol–water partition coefficient (Wildman–Crippen LogP) is 2.61. The summed E-state index contributed by atoms with van der Waals surface area (Å²) in [5.74, 6) is -0.165. The number of carbonyl (C=O) groups excluding carboxylic acids is 2. The van der Waals surface area contributed by atoms with E-state index in [1.165, 1.54) is 25.1 Å². The van der Waals surface area contributed by atoms with Crippen molar-refractivity contribution in [1.82, 2.24) is 10.2 Å². The van der Waals surface area contributed by atoms with E-state index < -0.39 is 5.82 Å². The highest BCUT2D eigenvalue weighted by atomic mass is 19.1. The van der Waals surface area contributed by atoms with Crippen LogP contribution in [0, 0.1) is 5.82 Å². The largest absolute Gasteiger partial charge is 0.497 e. The minimum Gasteiger partial charge on any atom is -0.497 e. The number of methoxy groups -OCH3 is 1. The molecule has 2 amide bonds. The molecule has 0 fully saturated rings. The molecule has 2 aromatic carbocycles. The molecule has 0 radical (unpaired) electrons. The fraction of sp³-hybridized carbons (Fsp3) is 0.263. The fourth-order valence-electron chi connectivity index (χ4n) is 2.34. The molecular weight excluding hydrogens is 323 g/mol. The Morgan fingerprint density at radius 3 is 2.48 bits per heavy atom. The van der Waals surface area contributed by atoms with Crippen LogP contribution >= 0.6 is 0 Å². The summed E-state index contributed by atoms with van der Waals surface area (Å²) < 4.78 is 18.2. The van der Waals surface area contributed by atoms with E-state index in [0.717, 1.165) is 11.3 Å². The van der Waals surface area contributed by atoms with Gasteiger partial charge in [0.2, 0.25) is 5.91 Å². The van der Waals surface area contributed by atoms with Gasteiger partial charge in [-0.2, -0.15) is 0 Å². The molecule has 0 atom stereocenters. The number of amides is 2. The molecule has 6 heteroatoms. The van der Waals surface area contributed by atoms with E-state index in [1.54, 1.807) is 18.1 Å². The Hall–Kier alpha value is -2.89. The van der Waals surface area contributed by atoms with E-state index in [4.69, 9.17) is 4.74 Å². The minimum atomic E-state index is -0.461. The quantitative estimate of drug-likeness (QED) is 0.840. The fourth-order valence-corrected chi connectivity index (χ4v) is 2.34. The Bertz CT molecular complexity index is 732. The number of nitrogens with zero attached hydrogens (tertiary/aromatic N) is 1. The van der Waals surface area contributed by atoms with Gasteiger partial charge in [0.1, 0.15) is 11.6 Å². The van der Waals surface area contributed by atoms with Gasteiger partial charge in [0.05, 0.1) is 7.11 Å². The van der Waals surface area contributed by atoms with Crippen molar-refractivity contribution < 1.29 is 18.7 Å². The molecule has 0 bridgehead atoms. The van der Waals surface area contributed by atoms with Crippen molar-refractivity contribution in [3.63, 3.8) is 0 Å². The molecule has 0 aliphatic carbocycles. The highest BCUT2D eigenvalue weighted by Crippen LogP contribution is 2.13. The molecule has 2 rings (SSSR count). The van der Waals surface area contributed by atoms with Crippen LogP contribution in [0.25, 0.3) is 0 Å². The van der Waals surface area contributed by atoms with Crippen molar-refractivity contribution in [1.29, 1.82) is 0 Å². The lowest BCUT2D eigenvalue weighted by Gasteiger charge is -2.21. The Morgan fingerprint density at radius 1 is 1.16 bits per heavy atom. The molecule has 0 aliphatic rings. The smallest absolute Gasteiger partial charge is 0.251 e. The third kappa shape index (κ3) is 5.60. The lowest BCUT2D eigenvalue weighted by atomic mass is 10.2. The lowest BCUT2D eigenvalue weighted by molar-refractivity contribution is -0.129. The van der Waals surface area contributed by atoms with Crippen molar-refractivity contribution in [2.24, 2.45) is 0 Å². The molecule has 5 nitrogen and oxygen atoms in total. The molecule has 0 unspecified atom stereocenters. The van der Waals surface area contributed by atoms with Gasteiger partial charge in [-0.25, -0.2) is 4.39 Å². The Labute approximate surface area is 146 Å². The van der Waals surface area contributed by atoms with Gasteiger partial charge >= 0.3 is 0 Å². The standard InChI is InChI=1S/C19H21FN2O3/c1-14(23)22(13-15-6-8-18(25-2)9-7-15)11-10-21-19(24)16-4-3-5-17(20)12-16/h3-9,12H,10-11,13H2,1-2H3,(H,21,24). The van der Waals surface area contributed by atoms with Crippen LogP contribution in [-0.4, -0.2) is 36.9 Å². The van der Waals surface area contributed by atoms with E-state index in [9.17, 15) is 14.0 Å². The van der Waals surface area contributed by atoms with Crippen LogP contribution in [0.15, 0.2) is 48.5 Å². The summed E-state index contributed by atoms with van der Waals surface area (Å²) in [5.41, 5.74) is 1.22. The number of nitrogens with one attached hydrogen (secondary N) is 1. The van der Waals surface area contributed by atoms with Gasteiger partial charge in [-0.3, -0.25) is 9.59 Å². The number of benzene rings is 2. The normalized spacial score (nSPS) is 10.2. The molecule has 2 aromatic rings. The van der Waals surface area contributed by atoms with Gasteiger partial charge in [0.15, 0.2) is 0 Å². The zero-order chi connectivity index (χ0) is 18.2. The molecule has 0 aliphatic heterocycles.